The van der Waals surface area contributed by atoms with E-state index < -0.39 is 12.8 Å². The Bertz CT molecular complexity index is 492. The molecule has 6 N–H and O–H groups in total. The summed E-state index contributed by atoms with van der Waals surface area (Å²) in [5.41, 5.74) is 16.7. The minimum absolute atomic E-state index is 0.119. The van der Waals surface area contributed by atoms with Crippen LogP contribution in [0.1, 0.15) is 5.56 Å². The highest BCUT2D eigenvalue weighted by atomic mass is 19.4. The Kier molecular flexibility index (Phi) is 5.32. The highest BCUT2D eigenvalue weighted by Crippen LogP contribution is 2.17. The lowest BCUT2D eigenvalue weighted by Crippen LogP contribution is -2.26. The van der Waals surface area contributed by atoms with E-state index >= 15 is 0 Å². The largest absolute Gasteiger partial charge is 0.411 e. The summed E-state index contributed by atoms with van der Waals surface area (Å²) in [6, 6.07) is 6.25. The minimum atomic E-state index is -4.33. The van der Waals surface area contributed by atoms with E-state index in [-0.39, 0.29) is 18.5 Å². The van der Waals surface area contributed by atoms with Crippen molar-refractivity contribution in [1.29, 1.82) is 0 Å². The summed E-state index contributed by atoms with van der Waals surface area (Å²) in [5, 5.41) is 0. The zero-order chi connectivity index (χ0) is 15.2. The summed E-state index contributed by atoms with van der Waals surface area (Å²) in [7, 11) is 0. The average molecular weight is 289 g/mol. The van der Waals surface area contributed by atoms with E-state index in [0.29, 0.717) is 11.3 Å². The smallest absolute Gasteiger partial charge is 0.370 e. The van der Waals surface area contributed by atoms with E-state index in [1.807, 2.05) is 0 Å². The van der Waals surface area contributed by atoms with Crippen LogP contribution in [-0.4, -0.2) is 24.7 Å². The second kappa shape index (κ2) is 6.75. The maximum absolute atomic E-state index is 11.9. The number of hydrogen-bond acceptors (Lipinski definition) is 2. The number of aliphatic imine (C=N–C) groups is 2. The van der Waals surface area contributed by atoms with E-state index in [9.17, 15) is 13.2 Å². The molecule has 110 valence electrons. The van der Waals surface area contributed by atoms with Crippen molar-refractivity contribution < 1.29 is 17.9 Å². The van der Waals surface area contributed by atoms with Gasteiger partial charge >= 0.3 is 6.18 Å². The first-order valence-corrected chi connectivity index (χ1v) is 5.43. The number of hydrogen-bond donors (Lipinski definition) is 3. The topological polar surface area (TPSA) is 112 Å². The normalized spacial score (nSPS) is 12.2. The van der Waals surface area contributed by atoms with Crippen LogP contribution in [-0.2, 0) is 11.3 Å². The monoisotopic (exact) mass is 289 g/mol. The molecule has 0 spiro atoms. The molecule has 0 fully saturated rings. The molecular formula is C11H14F3N5O. The Hall–Kier alpha value is -2.29. The molecule has 0 atom stereocenters. The van der Waals surface area contributed by atoms with Crippen LogP contribution in [0.15, 0.2) is 34.3 Å². The second-order valence-corrected chi connectivity index (χ2v) is 3.78. The average Bonchev–Trinajstić information content (AvgIpc) is 2.28. The van der Waals surface area contributed by atoms with Crippen LogP contribution < -0.4 is 17.2 Å². The SMILES string of the molecule is NC(N)=NC(N)=Nc1ccc(COCC(F)(F)F)cc1. The summed E-state index contributed by atoms with van der Waals surface area (Å²) in [4.78, 5) is 7.41. The molecular weight excluding hydrogens is 275 g/mol. The van der Waals surface area contributed by atoms with Crippen LogP contribution in [0.25, 0.3) is 0 Å². The molecule has 0 radical (unpaired) electrons. The van der Waals surface area contributed by atoms with Crippen molar-refractivity contribution in [1.82, 2.24) is 0 Å². The fraction of sp³-hybridized carbons (Fsp3) is 0.273. The van der Waals surface area contributed by atoms with Gasteiger partial charge in [0.15, 0.2) is 5.96 Å². The summed E-state index contributed by atoms with van der Waals surface area (Å²) in [6.07, 6.45) is -4.33. The van der Waals surface area contributed by atoms with Gasteiger partial charge in [-0.15, -0.1) is 0 Å². The van der Waals surface area contributed by atoms with Gasteiger partial charge in [-0.2, -0.15) is 18.2 Å². The van der Waals surface area contributed by atoms with E-state index in [0.717, 1.165) is 0 Å². The quantitative estimate of drug-likeness (QED) is 0.566. The third-order valence-corrected chi connectivity index (χ3v) is 1.96. The highest BCUT2D eigenvalue weighted by molar-refractivity contribution is 5.93. The standard InChI is InChI=1S/C11H14F3N5O/c12-11(13,14)6-20-5-7-1-3-8(4-2-7)18-10(17)19-9(15)16/h1-4H,5-6H2,(H6,15,16,17,18,19). The number of ether oxygens (including phenoxy) is 1. The molecule has 20 heavy (non-hydrogen) atoms. The van der Waals surface area contributed by atoms with Crippen molar-refractivity contribution in [3.63, 3.8) is 0 Å². The van der Waals surface area contributed by atoms with Crippen molar-refractivity contribution in [2.24, 2.45) is 27.2 Å². The van der Waals surface area contributed by atoms with Gasteiger partial charge in [-0.1, -0.05) is 12.1 Å². The Morgan fingerprint density at radius 3 is 2.20 bits per heavy atom. The Balaban J connectivity index is 2.59. The van der Waals surface area contributed by atoms with Crippen molar-refractivity contribution in [3.8, 4) is 0 Å². The van der Waals surface area contributed by atoms with Crippen LogP contribution in [0.2, 0.25) is 0 Å². The van der Waals surface area contributed by atoms with Crippen LogP contribution in [0, 0.1) is 0 Å². The first-order chi connectivity index (χ1) is 9.26. The summed E-state index contributed by atoms with van der Waals surface area (Å²) in [5.74, 6) is -0.338. The van der Waals surface area contributed by atoms with Gasteiger partial charge in [0.1, 0.15) is 6.61 Å². The van der Waals surface area contributed by atoms with Gasteiger partial charge in [0, 0.05) is 0 Å². The maximum atomic E-state index is 11.9. The molecule has 0 saturated carbocycles. The Morgan fingerprint density at radius 2 is 1.70 bits per heavy atom. The van der Waals surface area contributed by atoms with E-state index in [1.165, 1.54) is 0 Å². The first-order valence-electron chi connectivity index (χ1n) is 5.43. The van der Waals surface area contributed by atoms with Crippen LogP contribution >= 0.6 is 0 Å². The predicted octanol–water partition coefficient (Wildman–Crippen LogP) is 0.985. The molecule has 0 saturated heterocycles. The minimum Gasteiger partial charge on any atom is -0.370 e. The molecule has 0 aromatic heterocycles. The molecule has 0 heterocycles. The van der Waals surface area contributed by atoms with Crippen LogP contribution in [0.3, 0.4) is 0 Å². The Labute approximate surface area is 113 Å². The van der Waals surface area contributed by atoms with Gasteiger partial charge in [-0.05, 0) is 17.7 Å². The highest BCUT2D eigenvalue weighted by Gasteiger charge is 2.27. The molecule has 0 aliphatic heterocycles. The van der Waals surface area contributed by atoms with E-state index in [2.05, 4.69) is 14.7 Å². The molecule has 1 aromatic rings. The summed E-state index contributed by atoms with van der Waals surface area (Å²) >= 11 is 0. The zero-order valence-corrected chi connectivity index (χ0v) is 10.4. The lowest BCUT2D eigenvalue weighted by molar-refractivity contribution is -0.176. The van der Waals surface area contributed by atoms with Crippen molar-refractivity contribution in [2.75, 3.05) is 6.61 Å². The fourth-order valence-electron chi connectivity index (χ4n) is 1.24. The zero-order valence-electron chi connectivity index (χ0n) is 10.4. The van der Waals surface area contributed by atoms with Gasteiger partial charge in [0.05, 0.1) is 12.3 Å². The summed E-state index contributed by atoms with van der Waals surface area (Å²) in [6.45, 7) is -1.43. The number of nitrogens with two attached hydrogens (primary N) is 3. The van der Waals surface area contributed by atoms with Gasteiger partial charge in [0.2, 0.25) is 5.96 Å². The van der Waals surface area contributed by atoms with Gasteiger partial charge in [-0.3, -0.25) is 0 Å². The molecule has 6 nitrogen and oxygen atoms in total. The summed E-state index contributed by atoms with van der Waals surface area (Å²) < 4.78 is 40.2. The predicted molar refractivity (Wildman–Crippen MR) is 69.2 cm³/mol. The second-order valence-electron chi connectivity index (χ2n) is 3.78. The molecule has 9 heteroatoms. The number of alkyl halides is 3. The molecule has 1 aromatic carbocycles. The number of halogens is 3. The number of nitrogens with zero attached hydrogens (tertiary/aromatic N) is 2. The number of benzene rings is 1. The van der Waals surface area contributed by atoms with Crippen LogP contribution in [0.4, 0.5) is 18.9 Å². The third kappa shape index (κ3) is 6.59. The molecule has 1 rings (SSSR count). The van der Waals surface area contributed by atoms with E-state index in [1.54, 1.807) is 24.3 Å². The fourth-order valence-corrected chi connectivity index (χ4v) is 1.24. The lowest BCUT2D eigenvalue weighted by atomic mass is 10.2. The number of rotatable bonds is 4. The van der Waals surface area contributed by atoms with Crippen LogP contribution in [0.5, 0.6) is 0 Å². The molecule has 0 aliphatic carbocycles. The lowest BCUT2D eigenvalue weighted by Gasteiger charge is -2.07. The first kappa shape index (κ1) is 15.8. The Morgan fingerprint density at radius 1 is 1.10 bits per heavy atom. The maximum Gasteiger partial charge on any atom is 0.411 e. The van der Waals surface area contributed by atoms with Crippen molar-refractivity contribution >= 4 is 17.6 Å². The van der Waals surface area contributed by atoms with Gasteiger partial charge < -0.3 is 21.9 Å². The molecule has 0 unspecified atom stereocenters. The van der Waals surface area contributed by atoms with Gasteiger partial charge in [-0.25, -0.2) is 4.99 Å². The van der Waals surface area contributed by atoms with E-state index in [4.69, 9.17) is 17.2 Å². The van der Waals surface area contributed by atoms with Gasteiger partial charge in [0.25, 0.3) is 0 Å². The van der Waals surface area contributed by atoms with Crippen molar-refractivity contribution in [3.05, 3.63) is 29.8 Å². The molecule has 0 bridgehead atoms. The number of guanidine groups is 2. The van der Waals surface area contributed by atoms with Crippen molar-refractivity contribution in [2.45, 2.75) is 12.8 Å². The molecule has 0 aliphatic rings. The molecule has 0 amide bonds. The third-order valence-electron chi connectivity index (χ3n) is 1.96.